The van der Waals surface area contributed by atoms with Crippen LogP contribution in [0.15, 0.2) is 28.8 Å². The maximum absolute atomic E-state index is 5.34. The van der Waals surface area contributed by atoms with Gasteiger partial charge in [-0.15, -0.1) is 0 Å². The Labute approximate surface area is 113 Å². The van der Waals surface area contributed by atoms with Crippen molar-refractivity contribution in [1.29, 1.82) is 0 Å². The van der Waals surface area contributed by atoms with Gasteiger partial charge in [0.1, 0.15) is 0 Å². The molecule has 0 saturated heterocycles. The van der Waals surface area contributed by atoms with E-state index < -0.39 is 0 Å². The van der Waals surface area contributed by atoms with E-state index in [1.807, 2.05) is 0 Å². The van der Waals surface area contributed by atoms with Crippen molar-refractivity contribution in [2.24, 2.45) is 0 Å². The Morgan fingerprint density at radius 1 is 1.32 bits per heavy atom. The first-order valence-corrected chi connectivity index (χ1v) is 7.01. The molecule has 100 valence electrons. The molecule has 0 bridgehead atoms. The summed E-state index contributed by atoms with van der Waals surface area (Å²) in [4.78, 5) is 6.78. The largest absolute Gasteiger partial charge is 0.362 e. The van der Waals surface area contributed by atoms with Crippen LogP contribution >= 0.6 is 0 Å². The molecule has 1 aromatic carbocycles. The van der Waals surface area contributed by atoms with Gasteiger partial charge in [-0.2, -0.15) is 4.98 Å². The SMILES string of the molecule is CCCCc1noc(CN2CCc3ccccc32)n1. The topological polar surface area (TPSA) is 42.2 Å². The molecule has 0 aliphatic carbocycles. The van der Waals surface area contributed by atoms with E-state index in [1.54, 1.807) is 0 Å². The van der Waals surface area contributed by atoms with Gasteiger partial charge in [-0.1, -0.05) is 36.7 Å². The summed E-state index contributed by atoms with van der Waals surface area (Å²) in [5.74, 6) is 1.56. The smallest absolute Gasteiger partial charge is 0.246 e. The third kappa shape index (κ3) is 2.62. The molecule has 3 rings (SSSR count). The van der Waals surface area contributed by atoms with Crippen LogP contribution in [0.5, 0.6) is 0 Å². The Bertz CT molecular complexity index is 550. The molecule has 1 aliphatic heterocycles. The van der Waals surface area contributed by atoms with Gasteiger partial charge in [-0.25, -0.2) is 0 Å². The van der Waals surface area contributed by atoms with E-state index in [1.165, 1.54) is 11.3 Å². The summed E-state index contributed by atoms with van der Waals surface area (Å²) < 4.78 is 5.34. The van der Waals surface area contributed by atoms with Crippen molar-refractivity contribution in [2.75, 3.05) is 11.4 Å². The van der Waals surface area contributed by atoms with E-state index in [4.69, 9.17) is 4.52 Å². The quantitative estimate of drug-likeness (QED) is 0.825. The van der Waals surface area contributed by atoms with Gasteiger partial charge in [0.25, 0.3) is 0 Å². The molecule has 2 heterocycles. The van der Waals surface area contributed by atoms with E-state index in [9.17, 15) is 0 Å². The minimum absolute atomic E-state index is 0.718. The number of aromatic nitrogens is 2. The van der Waals surface area contributed by atoms with Crippen LogP contribution in [-0.2, 0) is 19.4 Å². The van der Waals surface area contributed by atoms with Crippen LogP contribution in [0.4, 0.5) is 5.69 Å². The average molecular weight is 257 g/mol. The summed E-state index contributed by atoms with van der Waals surface area (Å²) in [6.07, 6.45) is 4.29. The van der Waals surface area contributed by atoms with Gasteiger partial charge >= 0.3 is 0 Å². The molecule has 0 unspecified atom stereocenters. The normalized spacial score (nSPS) is 13.8. The molecule has 4 nitrogen and oxygen atoms in total. The zero-order valence-electron chi connectivity index (χ0n) is 11.3. The molecule has 0 radical (unpaired) electrons. The summed E-state index contributed by atoms with van der Waals surface area (Å²) in [5, 5.41) is 4.04. The molecule has 0 atom stereocenters. The van der Waals surface area contributed by atoms with Gasteiger partial charge in [0.15, 0.2) is 5.82 Å². The summed E-state index contributed by atoms with van der Waals surface area (Å²) in [5.41, 5.74) is 2.71. The minimum Gasteiger partial charge on any atom is -0.362 e. The van der Waals surface area contributed by atoms with Crippen LogP contribution in [0.2, 0.25) is 0 Å². The molecule has 1 aliphatic rings. The maximum Gasteiger partial charge on any atom is 0.246 e. The predicted octanol–water partition coefficient (Wildman–Crippen LogP) is 2.97. The highest BCUT2D eigenvalue weighted by molar-refractivity contribution is 5.57. The fourth-order valence-corrected chi connectivity index (χ4v) is 2.52. The number of anilines is 1. The number of nitrogens with zero attached hydrogens (tertiary/aromatic N) is 3. The van der Waals surface area contributed by atoms with Gasteiger partial charge in [-0.05, 0) is 24.5 Å². The van der Waals surface area contributed by atoms with E-state index in [0.29, 0.717) is 0 Å². The first-order valence-electron chi connectivity index (χ1n) is 7.01. The lowest BCUT2D eigenvalue weighted by atomic mass is 10.2. The fourth-order valence-electron chi connectivity index (χ4n) is 2.52. The molecule has 4 heteroatoms. The van der Waals surface area contributed by atoms with Crippen molar-refractivity contribution in [2.45, 2.75) is 39.2 Å². The zero-order chi connectivity index (χ0) is 13.1. The van der Waals surface area contributed by atoms with E-state index in [0.717, 1.165) is 50.5 Å². The Balaban J connectivity index is 1.68. The summed E-state index contributed by atoms with van der Waals surface area (Å²) in [7, 11) is 0. The van der Waals surface area contributed by atoms with Crippen molar-refractivity contribution in [3.8, 4) is 0 Å². The number of benzene rings is 1. The fraction of sp³-hybridized carbons (Fsp3) is 0.467. The second kappa shape index (κ2) is 5.43. The average Bonchev–Trinajstić information content (AvgIpc) is 3.05. The number of fused-ring (bicyclic) bond motifs is 1. The van der Waals surface area contributed by atoms with Gasteiger partial charge in [0.05, 0.1) is 6.54 Å². The second-order valence-corrected chi connectivity index (χ2v) is 5.01. The Hall–Kier alpha value is -1.84. The van der Waals surface area contributed by atoms with E-state index in [-0.39, 0.29) is 0 Å². The molecule has 0 fully saturated rings. The van der Waals surface area contributed by atoms with Crippen LogP contribution in [-0.4, -0.2) is 16.7 Å². The van der Waals surface area contributed by atoms with Crippen molar-refractivity contribution < 1.29 is 4.52 Å². The molecule has 0 saturated carbocycles. The molecule has 2 aromatic rings. The first kappa shape index (κ1) is 12.2. The lowest BCUT2D eigenvalue weighted by Crippen LogP contribution is -2.19. The highest BCUT2D eigenvalue weighted by Gasteiger charge is 2.20. The maximum atomic E-state index is 5.34. The number of para-hydroxylation sites is 1. The third-order valence-electron chi connectivity index (χ3n) is 3.57. The van der Waals surface area contributed by atoms with E-state index in [2.05, 4.69) is 46.2 Å². The van der Waals surface area contributed by atoms with Crippen molar-refractivity contribution in [3.63, 3.8) is 0 Å². The van der Waals surface area contributed by atoms with Gasteiger partial charge in [0.2, 0.25) is 5.89 Å². The number of unbranched alkanes of at least 4 members (excludes halogenated alkanes) is 1. The number of hydrogen-bond acceptors (Lipinski definition) is 4. The second-order valence-electron chi connectivity index (χ2n) is 5.01. The Morgan fingerprint density at radius 2 is 2.21 bits per heavy atom. The monoisotopic (exact) mass is 257 g/mol. The summed E-state index contributed by atoms with van der Waals surface area (Å²) in [6, 6.07) is 8.53. The molecule has 0 N–H and O–H groups in total. The van der Waals surface area contributed by atoms with Crippen LogP contribution in [0.1, 0.15) is 37.0 Å². The highest BCUT2D eigenvalue weighted by Crippen LogP contribution is 2.28. The van der Waals surface area contributed by atoms with Crippen LogP contribution in [0.25, 0.3) is 0 Å². The van der Waals surface area contributed by atoms with Crippen molar-refractivity contribution >= 4 is 5.69 Å². The van der Waals surface area contributed by atoms with Crippen molar-refractivity contribution in [3.05, 3.63) is 41.5 Å². The summed E-state index contributed by atoms with van der Waals surface area (Å²) >= 11 is 0. The third-order valence-corrected chi connectivity index (χ3v) is 3.57. The van der Waals surface area contributed by atoms with Crippen molar-refractivity contribution in [1.82, 2.24) is 10.1 Å². The lowest BCUT2D eigenvalue weighted by Gasteiger charge is -2.16. The molecule has 0 spiro atoms. The van der Waals surface area contributed by atoms with Crippen LogP contribution < -0.4 is 4.90 Å². The Morgan fingerprint density at radius 3 is 3.11 bits per heavy atom. The number of hydrogen-bond donors (Lipinski definition) is 0. The molecule has 1 aromatic heterocycles. The van der Waals surface area contributed by atoms with E-state index >= 15 is 0 Å². The van der Waals surface area contributed by atoms with Crippen LogP contribution in [0.3, 0.4) is 0 Å². The highest BCUT2D eigenvalue weighted by atomic mass is 16.5. The molecular weight excluding hydrogens is 238 g/mol. The molecular formula is C15H19N3O. The van der Waals surface area contributed by atoms with Crippen LogP contribution in [0, 0.1) is 0 Å². The first-order chi connectivity index (χ1) is 9.36. The zero-order valence-corrected chi connectivity index (χ0v) is 11.3. The predicted molar refractivity (Wildman–Crippen MR) is 74.1 cm³/mol. The summed E-state index contributed by atoms with van der Waals surface area (Å²) in [6.45, 7) is 3.92. The lowest BCUT2D eigenvalue weighted by molar-refractivity contribution is 0.371. The van der Waals surface area contributed by atoms with Gasteiger partial charge in [-0.3, -0.25) is 0 Å². The van der Waals surface area contributed by atoms with Gasteiger partial charge in [0, 0.05) is 18.7 Å². The Kier molecular flexibility index (Phi) is 3.49. The molecule has 0 amide bonds. The minimum atomic E-state index is 0.718. The van der Waals surface area contributed by atoms with Gasteiger partial charge < -0.3 is 9.42 Å². The molecule has 19 heavy (non-hydrogen) atoms. The standard InChI is InChI=1S/C15H19N3O/c1-2-3-8-14-16-15(19-17-14)11-18-10-9-12-6-4-5-7-13(12)18/h4-7H,2-3,8-11H2,1H3. The number of rotatable bonds is 5. The number of aryl methyl sites for hydroxylation is 1.